The van der Waals surface area contributed by atoms with Gasteiger partial charge in [-0.1, -0.05) is 6.92 Å². The van der Waals surface area contributed by atoms with Gasteiger partial charge in [0.05, 0.1) is 11.4 Å². The van der Waals surface area contributed by atoms with Gasteiger partial charge >= 0.3 is 5.97 Å². The number of carboxylic acid groups (broad SMARTS) is 1. The molecule has 0 aromatic carbocycles. The van der Waals surface area contributed by atoms with Gasteiger partial charge < -0.3 is 10.0 Å². The largest absolute Gasteiger partial charge is 0.478 e. The highest BCUT2D eigenvalue weighted by atomic mass is 16.4. The molecule has 1 aliphatic rings. The van der Waals surface area contributed by atoms with Crippen LogP contribution in [0.15, 0.2) is 6.07 Å². The van der Waals surface area contributed by atoms with Crippen molar-refractivity contribution >= 4 is 11.7 Å². The van der Waals surface area contributed by atoms with Crippen molar-refractivity contribution in [2.24, 2.45) is 5.92 Å². The highest BCUT2D eigenvalue weighted by Crippen LogP contribution is 2.32. The number of carbonyl (C=O) groups is 1. The third-order valence-electron chi connectivity index (χ3n) is 4.20. The minimum absolute atomic E-state index is 0.353. The SMILES string of the molecule is Cc1cc(N2CCCC(C)C2C)c(C(=O)O)c(C)n1. The molecular weight excluding hydrogens is 240 g/mol. The van der Waals surface area contributed by atoms with Crippen molar-refractivity contribution in [1.82, 2.24) is 4.98 Å². The Kier molecular flexibility index (Phi) is 3.78. The van der Waals surface area contributed by atoms with Crippen LogP contribution in [0.25, 0.3) is 0 Å². The Morgan fingerprint density at radius 2 is 2.11 bits per heavy atom. The first-order chi connectivity index (χ1) is 8.91. The average Bonchev–Trinajstić information content (AvgIpc) is 2.31. The number of aromatic nitrogens is 1. The Bertz CT molecular complexity index is 499. The van der Waals surface area contributed by atoms with Crippen molar-refractivity contribution in [3.63, 3.8) is 0 Å². The first kappa shape index (κ1) is 13.8. The van der Waals surface area contributed by atoms with Gasteiger partial charge in [-0.25, -0.2) is 4.79 Å². The van der Waals surface area contributed by atoms with Crippen LogP contribution in [-0.2, 0) is 0 Å². The van der Waals surface area contributed by atoms with Crippen molar-refractivity contribution < 1.29 is 9.90 Å². The van der Waals surface area contributed by atoms with E-state index in [-0.39, 0.29) is 0 Å². The van der Waals surface area contributed by atoms with Gasteiger partial charge in [-0.05, 0) is 45.6 Å². The van der Waals surface area contributed by atoms with Crippen molar-refractivity contribution in [3.8, 4) is 0 Å². The molecule has 19 heavy (non-hydrogen) atoms. The van der Waals surface area contributed by atoms with Gasteiger partial charge in [-0.2, -0.15) is 0 Å². The molecule has 104 valence electrons. The third kappa shape index (κ3) is 2.57. The zero-order valence-electron chi connectivity index (χ0n) is 12.1. The fourth-order valence-electron chi connectivity index (χ4n) is 2.97. The average molecular weight is 262 g/mol. The summed E-state index contributed by atoms with van der Waals surface area (Å²) in [6.07, 6.45) is 2.33. The van der Waals surface area contributed by atoms with E-state index < -0.39 is 5.97 Å². The number of aryl methyl sites for hydroxylation is 2. The van der Waals surface area contributed by atoms with Crippen LogP contribution in [0.1, 0.15) is 48.4 Å². The molecule has 2 rings (SSSR count). The van der Waals surface area contributed by atoms with Crippen LogP contribution in [0, 0.1) is 19.8 Å². The number of pyridine rings is 1. The molecule has 1 N–H and O–H groups in total. The molecule has 1 fully saturated rings. The van der Waals surface area contributed by atoms with E-state index >= 15 is 0 Å². The number of piperidine rings is 1. The molecule has 4 heteroatoms. The third-order valence-corrected chi connectivity index (χ3v) is 4.20. The quantitative estimate of drug-likeness (QED) is 0.890. The summed E-state index contributed by atoms with van der Waals surface area (Å²) in [5.41, 5.74) is 2.67. The van der Waals surface area contributed by atoms with Crippen LogP contribution in [0.3, 0.4) is 0 Å². The Labute approximate surface area is 114 Å². The summed E-state index contributed by atoms with van der Waals surface area (Å²) >= 11 is 0. The van der Waals surface area contributed by atoms with Crippen molar-refractivity contribution in [3.05, 3.63) is 23.0 Å². The number of rotatable bonds is 2. The fraction of sp³-hybridized carbons (Fsp3) is 0.600. The van der Waals surface area contributed by atoms with E-state index in [1.165, 1.54) is 6.42 Å². The summed E-state index contributed by atoms with van der Waals surface area (Å²) in [5.74, 6) is -0.297. The number of carboxylic acids is 1. The normalized spacial score (nSPS) is 23.5. The maximum atomic E-state index is 11.5. The molecular formula is C15H22N2O2. The molecule has 1 aliphatic heterocycles. The van der Waals surface area contributed by atoms with Gasteiger partial charge in [0.15, 0.2) is 0 Å². The summed E-state index contributed by atoms with van der Waals surface area (Å²) in [6, 6.07) is 2.28. The molecule has 2 atom stereocenters. The molecule has 2 heterocycles. The van der Waals surface area contributed by atoms with Gasteiger partial charge in [0.1, 0.15) is 5.56 Å². The lowest BCUT2D eigenvalue weighted by Crippen LogP contribution is -2.43. The Hall–Kier alpha value is -1.58. The lowest BCUT2D eigenvalue weighted by atomic mass is 9.91. The second-order valence-electron chi connectivity index (χ2n) is 5.60. The zero-order chi connectivity index (χ0) is 14.2. The van der Waals surface area contributed by atoms with E-state index in [1.54, 1.807) is 6.92 Å². The van der Waals surface area contributed by atoms with E-state index in [0.717, 1.165) is 24.3 Å². The van der Waals surface area contributed by atoms with Crippen LogP contribution in [0.2, 0.25) is 0 Å². The van der Waals surface area contributed by atoms with Crippen LogP contribution in [0.5, 0.6) is 0 Å². The van der Waals surface area contributed by atoms with Gasteiger partial charge in [-0.15, -0.1) is 0 Å². The molecule has 0 radical (unpaired) electrons. The summed E-state index contributed by atoms with van der Waals surface area (Å²) in [5, 5.41) is 9.45. The lowest BCUT2D eigenvalue weighted by Gasteiger charge is -2.40. The Morgan fingerprint density at radius 1 is 1.42 bits per heavy atom. The summed E-state index contributed by atoms with van der Waals surface area (Å²) in [7, 11) is 0. The number of anilines is 1. The molecule has 2 unspecified atom stereocenters. The van der Waals surface area contributed by atoms with Gasteiger partial charge in [0, 0.05) is 18.3 Å². The highest BCUT2D eigenvalue weighted by molar-refractivity contribution is 5.95. The van der Waals surface area contributed by atoms with Crippen molar-refractivity contribution in [2.75, 3.05) is 11.4 Å². The number of aromatic carboxylic acids is 1. The smallest absolute Gasteiger partial charge is 0.339 e. The molecule has 0 saturated carbocycles. The zero-order valence-corrected chi connectivity index (χ0v) is 12.1. The first-order valence-electron chi connectivity index (χ1n) is 6.90. The monoisotopic (exact) mass is 262 g/mol. The van der Waals surface area contributed by atoms with Crippen LogP contribution in [-0.4, -0.2) is 28.6 Å². The fourth-order valence-corrected chi connectivity index (χ4v) is 2.97. The van der Waals surface area contributed by atoms with E-state index in [2.05, 4.69) is 23.7 Å². The van der Waals surface area contributed by atoms with E-state index in [4.69, 9.17) is 0 Å². The van der Waals surface area contributed by atoms with Gasteiger partial charge in [-0.3, -0.25) is 4.98 Å². The molecule has 4 nitrogen and oxygen atoms in total. The van der Waals surface area contributed by atoms with E-state index in [9.17, 15) is 9.90 Å². The second-order valence-corrected chi connectivity index (χ2v) is 5.60. The standard InChI is InChI=1S/C15H22N2O2/c1-9-6-5-7-17(12(9)4)13-8-10(2)16-11(3)14(13)15(18)19/h8-9,12H,5-7H2,1-4H3,(H,18,19). The number of hydrogen-bond acceptors (Lipinski definition) is 3. The Morgan fingerprint density at radius 3 is 2.74 bits per heavy atom. The topological polar surface area (TPSA) is 53.4 Å². The number of nitrogens with zero attached hydrogens (tertiary/aromatic N) is 2. The molecule has 0 bridgehead atoms. The minimum atomic E-state index is -0.884. The highest BCUT2D eigenvalue weighted by Gasteiger charge is 2.29. The van der Waals surface area contributed by atoms with E-state index in [1.807, 2.05) is 13.0 Å². The van der Waals surface area contributed by atoms with Gasteiger partial charge in [0.2, 0.25) is 0 Å². The van der Waals surface area contributed by atoms with Crippen LogP contribution < -0.4 is 4.90 Å². The molecule has 1 aromatic rings. The molecule has 1 aromatic heterocycles. The minimum Gasteiger partial charge on any atom is -0.478 e. The predicted octanol–water partition coefficient (Wildman–Crippen LogP) is 3.02. The van der Waals surface area contributed by atoms with Crippen molar-refractivity contribution in [1.29, 1.82) is 0 Å². The summed E-state index contributed by atoms with van der Waals surface area (Å²) in [4.78, 5) is 18.0. The summed E-state index contributed by atoms with van der Waals surface area (Å²) < 4.78 is 0. The number of hydrogen-bond donors (Lipinski definition) is 1. The maximum Gasteiger partial charge on any atom is 0.339 e. The van der Waals surface area contributed by atoms with Gasteiger partial charge in [0.25, 0.3) is 0 Å². The molecule has 0 spiro atoms. The lowest BCUT2D eigenvalue weighted by molar-refractivity contribution is 0.0696. The maximum absolute atomic E-state index is 11.5. The van der Waals surface area contributed by atoms with Crippen LogP contribution >= 0.6 is 0 Å². The Balaban J connectivity index is 2.51. The molecule has 0 aliphatic carbocycles. The molecule has 1 saturated heterocycles. The second kappa shape index (κ2) is 5.19. The predicted molar refractivity (Wildman–Crippen MR) is 75.9 cm³/mol. The van der Waals surface area contributed by atoms with Crippen LogP contribution in [0.4, 0.5) is 5.69 Å². The van der Waals surface area contributed by atoms with Crippen molar-refractivity contribution in [2.45, 2.75) is 46.6 Å². The first-order valence-corrected chi connectivity index (χ1v) is 6.90. The van der Waals surface area contributed by atoms with E-state index in [0.29, 0.717) is 23.2 Å². The molecule has 0 amide bonds. The summed E-state index contributed by atoms with van der Waals surface area (Å²) in [6.45, 7) is 9.03.